The van der Waals surface area contributed by atoms with E-state index in [1.165, 1.54) is 0 Å². The highest BCUT2D eigenvalue weighted by molar-refractivity contribution is 9.12. The average molecular weight is 174 g/mol. The van der Waals surface area contributed by atoms with Crippen molar-refractivity contribution in [3.05, 3.63) is 0 Å². The second-order valence-electron chi connectivity index (χ2n) is 2.38. The molecule has 1 rings (SSSR count). The zero-order valence-electron chi connectivity index (χ0n) is 4.79. The Bertz CT molecular complexity index is 138. The lowest BCUT2D eigenvalue weighted by molar-refractivity contribution is 0.284. The van der Waals surface area contributed by atoms with Crippen LogP contribution in [0.1, 0.15) is 6.92 Å². The molecule has 1 fully saturated rings. The Kier molecular flexibility index (Phi) is 1.59. The molecule has 0 amide bonds. The average Bonchev–Trinajstić information content (AvgIpc) is 1.64. The predicted octanol–water partition coefficient (Wildman–Crippen LogP) is 0.952. The van der Waals surface area contributed by atoms with Gasteiger partial charge in [-0.05, 0) is 11.8 Å². The zero-order valence-corrected chi connectivity index (χ0v) is 6.38. The minimum absolute atomic E-state index is 0.253. The van der Waals surface area contributed by atoms with Crippen molar-refractivity contribution in [1.82, 2.24) is 5.32 Å². The predicted molar refractivity (Wildman–Crippen MR) is 37.7 cm³/mol. The molecule has 0 aromatic carbocycles. The van der Waals surface area contributed by atoms with E-state index in [0.29, 0.717) is 0 Å². The first-order chi connectivity index (χ1) is 3.77. The summed E-state index contributed by atoms with van der Waals surface area (Å²) in [4.78, 5) is 2.73. The Morgan fingerprint density at radius 2 is 2.25 bits per heavy atom. The Labute approximate surface area is 58.0 Å². The van der Waals surface area contributed by atoms with Crippen molar-refractivity contribution in [3.8, 4) is 10.8 Å². The van der Waals surface area contributed by atoms with Gasteiger partial charge in [0.2, 0.25) is 0 Å². The van der Waals surface area contributed by atoms with E-state index in [2.05, 4.69) is 38.9 Å². The summed E-state index contributed by atoms with van der Waals surface area (Å²) in [6.07, 6.45) is 0. The molecule has 1 N–H and O–H groups in total. The Balaban J connectivity index is 2.49. The molecule has 1 aliphatic heterocycles. The summed E-state index contributed by atoms with van der Waals surface area (Å²) in [5, 5.41) is 3.16. The van der Waals surface area contributed by atoms with Gasteiger partial charge < -0.3 is 5.32 Å². The van der Waals surface area contributed by atoms with Crippen LogP contribution in [0.3, 0.4) is 0 Å². The van der Waals surface area contributed by atoms with Gasteiger partial charge in [-0.1, -0.05) is 5.92 Å². The van der Waals surface area contributed by atoms with Gasteiger partial charge >= 0.3 is 0 Å². The van der Waals surface area contributed by atoms with E-state index in [0.717, 1.165) is 13.1 Å². The fourth-order valence-corrected chi connectivity index (χ4v) is 1.18. The van der Waals surface area contributed by atoms with E-state index in [-0.39, 0.29) is 5.41 Å². The van der Waals surface area contributed by atoms with Gasteiger partial charge in [0.1, 0.15) is 0 Å². The molecule has 0 atom stereocenters. The second-order valence-corrected chi connectivity index (χ2v) is 2.78. The van der Waals surface area contributed by atoms with Crippen LogP contribution in [0.15, 0.2) is 0 Å². The van der Waals surface area contributed by atoms with E-state index in [1.807, 2.05) is 0 Å². The number of halogens is 1. The van der Waals surface area contributed by atoms with Crippen LogP contribution in [0.5, 0.6) is 0 Å². The van der Waals surface area contributed by atoms with Gasteiger partial charge in [0.15, 0.2) is 0 Å². The van der Waals surface area contributed by atoms with Crippen molar-refractivity contribution in [2.75, 3.05) is 13.1 Å². The van der Waals surface area contributed by atoms with Gasteiger partial charge in [-0.2, -0.15) is 0 Å². The van der Waals surface area contributed by atoms with Gasteiger partial charge in [0.05, 0.1) is 5.41 Å². The van der Waals surface area contributed by atoms with Crippen LogP contribution < -0.4 is 5.32 Å². The molecular formula is C6H8BrN. The molecule has 44 valence electrons. The fraction of sp³-hybridized carbons (Fsp3) is 0.667. The van der Waals surface area contributed by atoms with Crippen LogP contribution in [0.2, 0.25) is 0 Å². The largest absolute Gasteiger partial charge is 0.314 e. The van der Waals surface area contributed by atoms with Crippen molar-refractivity contribution in [3.63, 3.8) is 0 Å². The SMILES string of the molecule is CC1(C#CBr)CNC1. The van der Waals surface area contributed by atoms with Crippen LogP contribution in [-0.4, -0.2) is 13.1 Å². The molecule has 1 aliphatic rings. The zero-order chi connectivity index (χ0) is 6.04. The summed E-state index contributed by atoms with van der Waals surface area (Å²) in [5.74, 6) is 3.06. The third-order valence-corrected chi connectivity index (χ3v) is 1.58. The highest BCUT2D eigenvalue weighted by atomic mass is 79.9. The molecule has 0 spiro atoms. The first kappa shape index (κ1) is 6.12. The molecule has 1 saturated heterocycles. The maximum Gasteiger partial charge on any atom is 0.0543 e. The molecule has 0 aromatic rings. The minimum atomic E-state index is 0.253. The summed E-state index contributed by atoms with van der Waals surface area (Å²) in [6, 6.07) is 0. The minimum Gasteiger partial charge on any atom is -0.314 e. The molecule has 1 heterocycles. The number of hydrogen-bond acceptors (Lipinski definition) is 1. The van der Waals surface area contributed by atoms with E-state index < -0.39 is 0 Å². The maximum absolute atomic E-state index is 3.16. The molecule has 0 aromatic heterocycles. The van der Waals surface area contributed by atoms with Gasteiger partial charge in [0, 0.05) is 29.0 Å². The molecule has 0 aliphatic carbocycles. The smallest absolute Gasteiger partial charge is 0.0543 e. The van der Waals surface area contributed by atoms with Crippen LogP contribution in [0.4, 0.5) is 0 Å². The second kappa shape index (κ2) is 2.08. The molecule has 0 bridgehead atoms. The van der Waals surface area contributed by atoms with E-state index >= 15 is 0 Å². The summed E-state index contributed by atoms with van der Waals surface area (Å²) in [6.45, 7) is 4.22. The number of rotatable bonds is 0. The van der Waals surface area contributed by atoms with Gasteiger partial charge in [-0.25, -0.2) is 0 Å². The first-order valence-corrected chi connectivity index (χ1v) is 3.40. The third kappa shape index (κ3) is 1.04. The maximum atomic E-state index is 3.16. The van der Waals surface area contributed by atoms with Gasteiger partial charge in [-0.15, -0.1) is 0 Å². The highest BCUT2D eigenvalue weighted by Crippen LogP contribution is 2.19. The Morgan fingerprint density at radius 3 is 2.38 bits per heavy atom. The highest BCUT2D eigenvalue weighted by Gasteiger charge is 2.28. The lowest BCUT2D eigenvalue weighted by atomic mass is 9.86. The van der Waals surface area contributed by atoms with Crippen LogP contribution in [0, 0.1) is 16.2 Å². The Hall–Kier alpha value is -0.0000000000000000208. The monoisotopic (exact) mass is 173 g/mol. The number of nitrogens with one attached hydrogen (secondary N) is 1. The van der Waals surface area contributed by atoms with Crippen molar-refractivity contribution in [2.45, 2.75) is 6.92 Å². The molecule has 1 nitrogen and oxygen atoms in total. The first-order valence-electron chi connectivity index (χ1n) is 2.60. The molecule has 0 unspecified atom stereocenters. The standard InChI is InChI=1S/C6H8BrN/c1-6(2-3-7)4-8-5-6/h8H,4-5H2,1H3. The van der Waals surface area contributed by atoms with Crippen LogP contribution in [-0.2, 0) is 0 Å². The molecule has 0 saturated carbocycles. The molecule has 0 radical (unpaired) electrons. The van der Waals surface area contributed by atoms with Crippen molar-refractivity contribution >= 4 is 15.9 Å². The van der Waals surface area contributed by atoms with Crippen LogP contribution in [0.25, 0.3) is 0 Å². The molecular weight excluding hydrogens is 166 g/mol. The lowest BCUT2D eigenvalue weighted by Gasteiger charge is -2.33. The van der Waals surface area contributed by atoms with Crippen molar-refractivity contribution in [2.24, 2.45) is 5.41 Å². The molecule has 2 heteroatoms. The van der Waals surface area contributed by atoms with E-state index in [1.54, 1.807) is 0 Å². The van der Waals surface area contributed by atoms with Crippen LogP contribution >= 0.6 is 15.9 Å². The lowest BCUT2D eigenvalue weighted by Crippen LogP contribution is -2.50. The van der Waals surface area contributed by atoms with Crippen molar-refractivity contribution < 1.29 is 0 Å². The van der Waals surface area contributed by atoms with E-state index in [9.17, 15) is 0 Å². The fourth-order valence-electron chi connectivity index (χ4n) is 0.702. The summed E-state index contributed by atoms with van der Waals surface area (Å²) in [5.41, 5.74) is 0.253. The normalized spacial score (nSPS) is 22.8. The summed E-state index contributed by atoms with van der Waals surface area (Å²) >= 11 is 3.07. The Morgan fingerprint density at radius 1 is 1.62 bits per heavy atom. The van der Waals surface area contributed by atoms with E-state index in [4.69, 9.17) is 0 Å². The summed E-state index contributed by atoms with van der Waals surface area (Å²) in [7, 11) is 0. The third-order valence-electron chi connectivity index (χ3n) is 1.38. The van der Waals surface area contributed by atoms with Gasteiger partial charge in [-0.3, -0.25) is 0 Å². The quantitative estimate of drug-likeness (QED) is 0.539. The van der Waals surface area contributed by atoms with Gasteiger partial charge in [0.25, 0.3) is 0 Å². The number of hydrogen-bond donors (Lipinski definition) is 1. The molecule has 8 heavy (non-hydrogen) atoms. The topological polar surface area (TPSA) is 12.0 Å². The van der Waals surface area contributed by atoms with Crippen molar-refractivity contribution in [1.29, 1.82) is 0 Å². The summed E-state index contributed by atoms with van der Waals surface area (Å²) < 4.78 is 0.